The average Bonchev–Trinajstić information content (AvgIpc) is 2.16. The second-order valence-corrected chi connectivity index (χ2v) is 4.00. The highest BCUT2D eigenvalue weighted by molar-refractivity contribution is 5.78. The molecule has 1 aliphatic heterocycles. The zero-order chi connectivity index (χ0) is 10.9. The van der Waals surface area contributed by atoms with Crippen molar-refractivity contribution < 1.29 is 13.5 Å². The molecule has 0 spiro atoms. The molecule has 0 aromatic rings. The van der Waals surface area contributed by atoms with E-state index in [2.05, 4.69) is 4.99 Å². The van der Waals surface area contributed by atoms with Gasteiger partial charge in [-0.1, -0.05) is 0 Å². The molecular weight excluding hydrogens is 204 g/mol. The third-order valence-corrected chi connectivity index (χ3v) is 2.72. The first-order chi connectivity index (χ1) is 7.07. The summed E-state index contributed by atoms with van der Waals surface area (Å²) in [7, 11) is 0. The molecule has 1 saturated heterocycles. The van der Waals surface area contributed by atoms with Gasteiger partial charge in [-0.2, -0.15) is 0 Å². The standard InChI is InChI=1S/C9H15F2N3O/c10-9(11)5-7(6-9)13-8(12)14-1-3-15-4-2-14/h7H,1-6H2,(H2,12,13). The molecule has 0 aromatic carbocycles. The zero-order valence-electron chi connectivity index (χ0n) is 8.46. The number of ether oxygens (including phenoxy) is 1. The first-order valence-electron chi connectivity index (χ1n) is 5.11. The summed E-state index contributed by atoms with van der Waals surface area (Å²) in [6.45, 7) is 2.63. The van der Waals surface area contributed by atoms with Crippen LogP contribution in [-0.2, 0) is 4.74 Å². The first-order valence-corrected chi connectivity index (χ1v) is 5.11. The fraction of sp³-hybridized carbons (Fsp3) is 0.889. The summed E-state index contributed by atoms with van der Waals surface area (Å²) in [4.78, 5) is 5.96. The lowest BCUT2D eigenvalue weighted by Gasteiger charge is -2.34. The van der Waals surface area contributed by atoms with E-state index in [0.29, 0.717) is 32.3 Å². The summed E-state index contributed by atoms with van der Waals surface area (Å²) in [6, 6.07) is -0.303. The highest BCUT2D eigenvalue weighted by Crippen LogP contribution is 2.39. The fourth-order valence-corrected chi connectivity index (χ4v) is 1.78. The number of nitrogens with zero attached hydrogens (tertiary/aromatic N) is 2. The molecule has 1 heterocycles. The van der Waals surface area contributed by atoms with Gasteiger partial charge >= 0.3 is 0 Å². The third kappa shape index (κ3) is 2.56. The Kier molecular flexibility index (Phi) is 2.77. The van der Waals surface area contributed by atoms with Gasteiger partial charge in [0.25, 0.3) is 5.92 Å². The Hall–Kier alpha value is -0.910. The monoisotopic (exact) mass is 219 g/mol. The topological polar surface area (TPSA) is 50.8 Å². The van der Waals surface area contributed by atoms with Gasteiger partial charge in [0, 0.05) is 25.9 Å². The molecule has 15 heavy (non-hydrogen) atoms. The van der Waals surface area contributed by atoms with Gasteiger partial charge in [0.2, 0.25) is 0 Å². The van der Waals surface area contributed by atoms with E-state index < -0.39 is 5.92 Å². The van der Waals surface area contributed by atoms with Gasteiger partial charge < -0.3 is 15.4 Å². The Labute approximate surface area is 87.1 Å². The van der Waals surface area contributed by atoms with E-state index in [-0.39, 0.29) is 18.9 Å². The van der Waals surface area contributed by atoms with Crippen molar-refractivity contribution in [2.75, 3.05) is 26.3 Å². The minimum Gasteiger partial charge on any atom is -0.378 e. The van der Waals surface area contributed by atoms with Gasteiger partial charge in [-0.25, -0.2) is 13.8 Å². The van der Waals surface area contributed by atoms with Gasteiger partial charge in [0.05, 0.1) is 19.3 Å². The molecule has 86 valence electrons. The van der Waals surface area contributed by atoms with Crippen molar-refractivity contribution in [2.45, 2.75) is 24.8 Å². The van der Waals surface area contributed by atoms with Crippen molar-refractivity contribution >= 4 is 5.96 Å². The molecule has 2 aliphatic rings. The molecule has 0 bridgehead atoms. The predicted octanol–water partition coefficient (Wildman–Crippen LogP) is 0.431. The Morgan fingerprint density at radius 2 is 1.93 bits per heavy atom. The number of nitrogens with two attached hydrogens (primary N) is 1. The lowest BCUT2D eigenvalue weighted by molar-refractivity contribution is -0.0837. The van der Waals surface area contributed by atoms with E-state index in [1.165, 1.54) is 0 Å². The molecule has 4 nitrogen and oxygen atoms in total. The smallest absolute Gasteiger partial charge is 0.252 e. The Morgan fingerprint density at radius 1 is 1.33 bits per heavy atom. The van der Waals surface area contributed by atoms with Crippen molar-refractivity contribution in [3.05, 3.63) is 0 Å². The maximum absolute atomic E-state index is 12.5. The summed E-state index contributed by atoms with van der Waals surface area (Å²) in [6.07, 6.45) is -0.337. The summed E-state index contributed by atoms with van der Waals surface area (Å²) in [5.41, 5.74) is 5.72. The van der Waals surface area contributed by atoms with Gasteiger partial charge in [0.15, 0.2) is 5.96 Å². The summed E-state index contributed by atoms with van der Waals surface area (Å²) in [5, 5.41) is 0. The van der Waals surface area contributed by atoms with Crippen LogP contribution in [0.2, 0.25) is 0 Å². The van der Waals surface area contributed by atoms with E-state index in [9.17, 15) is 8.78 Å². The number of alkyl halides is 2. The molecule has 2 rings (SSSR count). The maximum Gasteiger partial charge on any atom is 0.252 e. The zero-order valence-corrected chi connectivity index (χ0v) is 8.46. The quantitative estimate of drug-likeness (QED) is 0.514. The van der Waals surface area contributed by atoms with Crippen LogP contribution in [0, 0.1) is 0 Å². The van der Waals surface area contributed by atoms with Gasteiger partial charge in [-0.05, 0) is 0 Å². The van der Waals surface area contributed by atoms with E-state index in [4.69, 9.17) is 10.5 Å². The van der Waals surface area contributed by atoms with Crippen molar-refractivity contribution in [3.8, 4) is 0 Å². The van der Waals surface area contributed by atoms with Crippen molar-refractivity contribution in [2.24, 2.45) is 10.7 Å². The third-order valence-electron chi connectivity index (χ3n) is 2.72. The SMILES string of the molecule is NC(=NC1CC(F)(F)C1)N1CCOCC1. The van der Waals surface area contributed by atoms with Gasteiger partial charge in [-0.15, -0.1) is 0 Å². The summed E-state index contributed by atoms with van der Waals surface area (Å²) >= 11 is 0. The average molecular weight is 219 g/mol. The number of guanidine groups is 1. The van der Waals surface area contributed by atoms with Crippen LogP contribution in [0.15, 0.2) is 4.99 Å². The molecule has 2 N–H and O–H groups in total. The van der Waals surface area contributed by atoms with E-state index in [0.717, 1.165) is 0 Å². The van der Waals surface area contributed by atoms with Gasteiger partial charge in [0.1, 0.15) is 0 Å². The minimum absolute atomic E-state index is 0.169. The van der Waals surface area contributed by atoms with Crippen LogP contribution in [0.25, 0.3) is 0 Å². The number of halogens is 2. The number of hydrogen-bond acceptors (Lipinski definition) is 2. The maximum atomic E-state index is 12.5. The molecule has 2 fully saturated rings. The van der Waals surface area contributed by atoms with Crippen molar-refractivity contribution in [1.29, 1.82) is 0 Å². The number of aliphatic imine (C=N–C) groups is 1. The second kappa shape index (κ2) is 3.92. The lowest BCUT2D eigenvalue weighted by Crippen LogP contribution is -2.47. The van der Waals surface area contributed by atoms with Crippen LogP contribution in [0.5, 0.6) is 0 Å². The molecule has 0 radical (unpaired) electrons. The molecule has 1 saturated carbocycles. The fourth-order valence-electron chi connectivity index (χ4n) is 1.78. The second-order valence-electron chi connectivity index (χ2n) is 4.00. The van der Waals surface area contributed by atoms with Gasteiger partial charge in [-0.3, -0.25) is 0 Å². The highest BCUT2D eigenvalue weighted by atomic mass is 19.3. The number of hydrogen-bond donors (Lipinski definition) is 1. The number of rotatable bonds is 1. The predicted molar refractivity (Wildman–Crippen MR) is 52.0 cm³/mol. The Balaban J connectivity index is 1.84. The normalized spacial score (nSPS) is 27.6. The number of morpholine rings is 1. The van der Waals surface area contributed by atoms with Crippen LogP contribution in [-0.4, -0.2) is 49.1 Å². The molecule has 0 atom stereocenters. The van der Waals surface area contributed by atoms with Crippen molar-refractivity contribution in [3.63, 3.8) is 0 Å². The molecule has 1 aliphatic carbocycles. The summed E-state index contributed by atoms with van der Waals surface area (Å²) in [5.74, 6) is -2.15. The van der Waals surface area contributed by atoms with Crippen LogP contribution < -0.4 is 5.73 Å². The molecule has 0 unspecified atom stereocenters. The lowest BCUT2D eigenvalue weighted by atomic mass is 9.89. The molecule has 6 heteroatoms. The van der Waals surface area contributed by atoms with Crippen LogP contribution in [0.3, 0.4) is 0 Å². The van der Waals surface area contributed by atoms with Crippen molar-refractivity contribution in [1.82, 2.24) is 4.90 Å². The first kappa shape index (κ1) is 10.6. The van der Waals surface area contributed by atoms with Crippen LogP contribution >= 0.6 is 0 Å². The summed E-state index contributed by atoms with van der Waals surface area (Å²) < 4.78 is 30.2. The van der Waals surface area contributed by atoms with Crippen LogP contribution in [0.4, 0.5) is 8.78 Å². The Morgan fingerprint density at radius 3 is 2.47 bits per heavy atom. The molecule has 0 amide bonds. The highest BCUT2D eigenvalue weighted by Gasteiger charge is 2.45. The van der Waals surface area contributed by atoms with Crippen LogP contribution in [0.1, 0.15) is 12.8 Å². The minimum atomic E-state index is -2.53. The van der Waals surface area contributed by atoms with E-state index in [1.54, 1.807) is 0 Å². The molecular formula is C9H15F2N3O. The molecule has 0 aromatic heterocycles. The van der Waals surface area contributed by atoms with E-state index >= 15 is 0 Å². The Bertz CT molecular complexity index is 256. The largest absolute Gasteiger partial charge is 0.378 e. The van der Waals surface area contributed by atoms with E-state index in [1.807, 2.05) is 4.90 Å².